The zero-order valence-electron chi connectivity index (χ0n) is 14.7. The van der Waals surface area contributed by atoms with E-state index in [0.29, 0.717) is 12.6 Å². The Hall–Kier alpha value is -1.62. The smallest absolute Gasteiger partial charge is 0.120 e. The first-order chi connectivity index (χ1) is 11.6. The fraction of sp³-hybridized carbons (Fsp3) is 0.500. The number of piperazine rings is 1. The van der Waals surface area contributed by atoms with Crippen LogP contribution in [0.1, 0.15) is 13.8 Å². The van der Waals surface area contributed by atoms with Crippen LogP contribution in [-0.4, -0.2) is 66.4 Å². The maximum absolute atomic E-state index is 9.56. The molecule has 4 heteroatoms. The molecule has 0 bridgehead atoms. The minimum atomic E-state index is -0.254. The van der Waals surface area contributed by atoms with E-state index in [4.69, 9.17) is 4.74 Å². The van der Waals surface area contributed by atoms with Crippen LogP contribution in [0.5, 0.6) is 5.75 Å². The summed E-state index contributed by atoms with van der Waals surface area (Å²) in [4.78, 5) is 4.82. The van der Waals surface area contributed by atoms with E-state index in [-0.39, 0.29) is 6.10 Å². The topological polar surface area (TPSA) is 35.9 Å². The van der Waals surface area contributed by atoms with Gasteiger partial charge >= 0.3 is 0 Å². The number of benzene rings is 2. The number of hydrogen-bond acceptors (Lipinski definition) is 4. The summed E-state index contributed by atoms with van der Waals surface area (Å²) in [5.74, 6) is 0.939. The molecule has 0 aromatic heterocycles. The zero-order chi connectivity index (χ0) is 16.9. The van der Waals surface area contributed by atoms with E-state index < -0.39 is 0 Å². The second kappa shape index (κ2) is 7.97. The van der Waals surface area contributed by atoms with E-state index in [2.05, 4.69) is 53.1 Å². The van der Waals surface area contributed by atoms with Gasteiger partial charge in [0.15, 0.2) is 0 Å². The number of ether oxygens (including phenoxy) is 1. The van der Waals surface area contributed by atoms with Crippen LogP contribution in [0.2, 0.25) is 0 Å². The molecule has 0 unspecified atom stereocenters. The third-order valence-corrected chi connectivity index (χ3v) is 4.75. The Labute approximate surface area is 144 Å². The Balaban J connectivity index is 1.46. The summed E-state index contributed by atoms with van der Waals surface area (Å²) in [7, 11) is 0. The number of hydrogen-bond donors (Lipinski definition) is 1. The van der Waals surface area contributed by atoms with Crippen LogP contribution >= 0.6 is 0 Å². The van der Waals surface area contributed by atoms with E-state index in [9.17, 15) is 5.11 Å². The minimum absolute atomic E-state index is 0.254. The monoisotopic (exact) mass is 328 g/mol. The highest BCUT2D eigenvalue weighted by atomic mass is 16.5. The molecule has 2 aromatic rings. The number of aliphatic hydroxyl groups is 1. The van der Waals surface area contributed by atoms with E-state index in [1.807, 2.05) is 13.0 Å². The summed E-state index contributed by atoms with van der Waals surface area (Å²) in [6, 6.07) is 15.1. The molecule has 1 saturated heterocycles. The van der Waals surface area contributed by atoms with Crippen molar-refractivity contribution in [2.24, 2.45) is 0 Å². The number of rotatable bonds is 6. The molecule has 0 aliphatic carbocycles. The summed E-state index contributed by atoms with van der Waals surface area (Å²) >= 11 is 0. The van der Waals surface area contributed by atoms with Gasteiger partial charge in [0.2, 0.25) is 0 Å². The summed E-state index contributed by atoms with van der Waals surface area (Å²) < 4.78 is 5.95. The van der Waals surface area contributed by atoms with Crippen molar-refractivity contribution in [3.05, 3.63) is 42.5 Å². The van der Waals surface area contributed by atoms with Gasteiger partial charge in [-0.2, -0.15) is 0 Å². The Kier molecular flexibility index (Phi) is 5.72. The molecule has 0 radical (unpaired) electrons. The van der Waals surface area contributed by atoms with Gasteiger partial charge in [0, 0.05) is 38.8 Å². The van der Waals surface area contributed by atoms with Crippen LogP contribution in [0.25, 0.3) is 10.8 Å². The predicted octanol–water partition coefficient (Wildman–Crippen LogP) is 2.61. The highest BCUT2D eigenvalue weighted by Crippen LogP contribution is 2.20. The summed E-state index contributed by atoms with van der Waals surface area (Å²) in [6.07, 6.45) is -0.254. The van der Waals surface area contributed by atoms with Crippen molar-refractivity contribution < 1.29 is 9.84 Å². The maximum Gasteiger partial charge on any atom is 0.120 e. The van der Waals surface area contributed by atoms with Crippen LogP contribution < -0.4 is 4.74 Å². The summed E-state index contributed by atoms with van der Waals surface area (Å²) in [5, 5.41) is 12.0. The fourth-order valence-electron chi connectivity index (χ4n) is 3.43. The van der Waals surface area contributed by atoms with Gasteiger partial charge in [0.05, 0.1) is 6.10 Å². The molecule has 1 heterocycles. The van der Waals surface area contributed by atoms with Crippen molar-refractivity contribution in [2.75, 3.05) is 39.3 Å². The first-order valence-corrected chi connectivity index (χ1v) is 8.88. The van der Waals surface area contributed by atoms with Crippen LogP contribution in [-0.2, 0) is 0 Å². The van der Waals surface area contributed by atoms with E-state index in [0.717, 1.165) is 38.5 Å². The fourth-order valence-corrected chi connectivity index (χ4v) is 3.43. The normalized spacial score (nSPS) is 21.0. The van der Waals surface area contributed by atoms with Gasteiger partial charge in [0.1, 0.15) is 12.4 Å². The second-order valence-electron chi connectivity index (χ2n) is 6.85. The zero-order valence-corrected chi connectivity index (χ0v) is 14.7. The van der Waals surface area contributed by atoms with Gasteiger partial charge < -0.3 is 9.84 Å². The lowest BCUT2D eigenvalue weighted by Crippen LogP contribution is -2.54. The van der Waals surface area contributed by atoms with Crippen LogP contribution in [0, 0.1) is 0 Å². The molecule has 1 fully saturated rings. The van der Waals surface area contributed by atoms with Crippen molar-refractivity contribution >= 4 is 10.8 Å². The third-order valence-electron chi connectivity index (χ3n) is 4.75. The highest BCUT2D eigenvalue weighted by Gasteiger charge is 2.24. The molecular weight excluding hydrogens is 300 g/mol. The number of aliphatic hydroxyl groups excluding tert-OH is 1. The van der Waals surface area contributed by atoms with Crippen LogP contribution in [0.3, 0.4) is 0 Å². The number of β-amino-alcohol motifs (C(OH)–C–C–N with tert-alkyl or cyclic N) is 1. The Morgan fingerprint density at radius 2 is 1.96 bits per heavy atom. The van der Waals surface area contributed by atoms with Crippen LogP contribution in [0.4, 0.5) is 0 Å². The van der Waals surface area contributed by atoms with Gasteiger partial charge in [0.25, 0.3) is 0 Å². The molecule has 3 rings (SSSR count). The van der Waals surface area contributed by atoms with Gasteiger partial charge in [-0.1, -0.05) is 30.3 Å². The maximum atomic E-state index is 9.56. The minimum Gasteiger partial charge on any atom is -0.492 e. The first kappa shape index (κ1) is 17.2. The lowest BCUT2D eigenvalue weighted by atomic mass is 10.1. The molecule has 1 N–H and O–H groups in total. The molecule has 0 spiro atoms. The average molecular weight is 328 g/mol. The molecule has 24 heavy (non-hydrogen) atoms. The molecule has 130 valence electrons. The molecule has 1 aliphatic heterocycles. The third kappa shape index (κ3) is 4.47. The average Bonchev–Trinajstić information content (AvgIpc) is 2.57. The molecule has 2 aromatic carbocycles. The SMILES string of the molecule is C[C@@H](O)CN1CCN(CCOc2ccc3ccccc3c2)C[C@@H]1C. The van der Waals surface area contributed by atoms with Crippen molar-refractivity contribution in [1.82, 2.24) is 9.80 Å². The van der Waals surface area contributed by atoms with Gasteiger partial charge in [-0.25, -0.2) is 0 Å². The Morgan fingerprint density at radius 1 is 1.17 bits per heavy atom. The summed E-state index contributed by atoms with van der Waals surface area (Å²) in [6.45, 7) is 9.60. The van der Waals surface area contributed by atoms with Crippen molar-refractivity contribution in [3.8, 4) is 5.75 Å². The van der Waals surface area contributed by atoms with E-state index >= 15 is 0 Å². The molecular formula is C20H28N2O2. The lowest BCUT2D eigenvalue weighted by Gasteiger charge is -2.40. The highest BCUT2D eigenvalue weighted by molar-refractivity contribution is 5.83. The second-order valence-corrected chi connectivity index (χ2v) is 6.85. The van der Waals surface area contributed by atoms with Gasteiger partial charge in [-0.15, -0.1) is 0 Å². The van der Waals surface area contributed by atoms with Crippen molar-refractivity contribution in [1.29, 1.82) is 0 Å². The first-order valence-electron chi connectivity index (χ1n) is 8.88. The quantitative estimate of drug-likeness (QED) is 0.884. The largest absolute Gasteiger partial charge is 0.492 e. The molecule has 4 nitrogen and oxygen atoms in total. The van der Waals surface area contributed by atoms with Crippen molar-refractivity contribution in [3.63, 3.8) is 0 Å². The lowest BCUT2D eigenvalue weighted by molar-refractivity contribution is 0.0405. The Bertz CT molecular complexity index is 659. The van der Waals surface area contributed by atoms with Crippen LogP contribution in [0.15, 0.2) is 42.5 Å². The standard InChI is InChI=1S/C20H28N2O2/c1-16-14-21(9-10-22(16)15-17(2)23)11-12-24-20-8-7-18-5-3-4-6-19(18)13-20/h3-8,13,16-17,23H,9-12,14-15H2,1-2H3/t16-,17+/m0/s1. The van der Waals surface area contributed by atoms with Gasteiger partial charge in [-0.3, -0.25) is 9.80 Å². The molecule has 0 amide bonds. The van der Waals surface area contributed by atoms with E-state index in [1.54, 1.807) is 0 Å². The molecule has 1 aliphatic rings. The number of fused-ring (bicyclic) bond motifs is 1. The predicted molar refractivity (Wildman–Crippen MR) is 98.6 cm³/mol. The Morgan fingerprint density at radius 3 is 2.71 bits per heavy atom. The summed E-state index contributed by atoms with van der Waals surface area (Å²) in [5.41, 5.74) is 0. The van der Waals surface area contributed by atoms with E-state index in [1.165, 1.54) is 10.8 Å². The molecule has 2 atom stereocenters. The van der Waals surface area contributed by atoms with Gasteiger partial charge in [-0.05, 0) is 36.8 Å². The molecule has 0 saturated carbocycles. The number of nitrogens with zero attached hydrogens (tertiary/aromatic N) is 2. The van der Waals surface area contributed by atoms with Crippen molar-refractivity contribution in [2.45, 2.75) is 26.0 Å².